The average Bonchev–Trinajstić information content (AvgIpc) is 2.36. The topological polar surface area (TPSA) is 12.0 Å². The van der Waals surface area contributed by atoms with Crippen LogP contribution in [0.15, 0.2) is 0 Å². The second kappa shape index (κ2) is 1.75. The Morgan fingerprint density at radius 3 is 1.92 bits per heavy atom. The molecule has 1 spiro atoms. The second-order valence-electron chi connectivity index (χ2n) is 5.51. The molecule has 4 aliphatic rings. The third kappa shape index (κ3) is 0.454. The van der Waals surface area contributed by atoms with Crippen LogP contribution in [0.3, 0.4) is 0 Å². The van der Waals surface area contributed by atoms with Crippen molar-refractivity contribution in [3.05, 3.63) is 0 Å². The van der Waals surface area contributed by atoms with E-state index in [4.69, 9.17) is 0 Å². The summed E-state index contributed by atoms with van der Waals surface area (Å²) in [4.78, 5) is 0. The fourth-order valence-electron chi connectivity index (χ4n) is 5.02. The number of rotatable bonds is 0. The lowest BCUT2D eigenvalue weighted by Gasteiger charge is -2.57. The molecule has 66 valence electrons. The summed E-state index contributed by atoms with van der Waals surface area (Å²) in [5.74, 6) is 4.53. The van der Waals surface area contributed by atoms with Gasteiger partial charge in [-0.2, -0.15) is 0 Å². The van der Waals surface area contributed by atoms with Crippen LogP contribution in [-0.2, 0) is 0 Å². The van der Waals surface area contributed by atoms with Crippen LogP contribution in [0.5, 0.6) is 0 Å². The van der Waals surface area contributed by atoms with E-state index in [1.165, 1.54) is 13.1 Å². The van der Waals surface area contributed by atoms with Gasteiger partial charge in [-0.25, -0.2) is 0 Å². The molecule has 0 amide bonds. The molecule has 0 radical (unpaired) electrons. The monoisotopic (exact) mass is 163 g/mol. The summed E-state index contributed by atoms with van der Waals surface area (Å²) in [5.41, 5.74) is 0.928. The summed E-state index contributed by atoms with van der Waals surface area (Å²) < 4.78 is 0. The molecule has 0 aromatic carbocycles. The van der Waals surface area contributed by atoms with Gasteiger partial charge in [-0.3, -0.25) is 0 Å². The Morgan fingerprint density at radius 2 is 1.50 bits per heavy atom. The Labute approximate surface area is 73.9 Å². The first-order valence-corrected chi connectivity index (χ1v) is 5.62. The van der Waals surface area contributed by atoms with E-state index in [0.29, 0.717) is 0 Å². The van der Waals surface area contributed by atoms with Crippen molar-refractivity contribution in [3.63, 3.8) is 0 Å². The predicted octanol–water partition coefficient (Wildman–Crippen LogP) is 1.64. The van der Waals surface area contributed by atoms with Gasteiger partial charge in [0.25, 0.3) is 0 Å². The van der Waals surface area contributed by atoms with E-state index in [1.54, 1.807) is 25.7 Å². The molecule has 0 bridgehead atoms. The van der Waals surface area contributed by atoms with Gasteiger partial charge >= 0.3 is 0 Å². The van der Waals surface area contributed by atoms with Gasteiger partial charge in [0.05, 0.1) is 0 Å². The summed E-state index contributed by atoms with van der Waals surface area (Å²) in [7, 11) is 0. The van der Waals surface area contributed by atoms with E-state index < -0.39 is 0 Å². The van der Waals surface area contributed by atoms with Crippen LogP contribution in [-0.4, -0.2) is 13.1 Å². The third-order valence-electron chi connectivity index (χ3n) is 5.66. The van der Waals surface area contributed by atoms with Crippen molar-refractivity contribution in [1.29, 1.82) is 0 Å². The predicted molar refractivity (Wildman–Crippen MR) is 47.7 cm³/mol. The molecule has 12 heavy (non-hydrogen) atoms. The van der Waals surface area contributed by atoms with Gasteiger partial charge in [0.2, 0.25) is 0 Å². The number of hydrogen-bond acceptors (Lipinski definition) is 1. The van der Waals surface area contributed by atoms with Gasteiger partial charge in [-0.15, -0.1) is 0 Å². The van der Waals surface area contributed by atoms with Crippen LogP contribution >= 0.6 is 0 Å². The fraction of sp³-hybridized carbons (Fsp3) is 1.00. The number of hydrogen-bond donors (Lipinski definition) is 1. The lowest BCUT2D eigenvalue weighted by atomic mass is 9.47. The minimum atomic E-state index is 0.928. The van der Waals surface area contributed by atoms with Gasteiger partial charge in [0, 0.05) is 0 Å². The van der Waals surface area contributed by atoms with Gasteiger partial charge in [-0.1, -0.05) is 0 Å². The molecular weight excluding hydrogens is 146 g/mol. The molecule has 1 nitrogen and oxygen atoms in total. The first-order chi connectivity index (χ1) is 5.92. The van der Waals surface area contributed by atoms with Crippen molar-refractivity contribution < 1.29 is 0 Å². The van der Waals surface area contributed by atoms with E-state index in [0.717, 1.165) is 29.1 Å². The maximum Gasteiger partial charge on any atom is -0.00143 e. The van der Waals surface area contributed by atoms with E-state index in [1.807, 2.05) is 0 Å². The summed E-state index contributed by atoms with van der Waals surface area (Å²) >= 11 is 0. The quantitative estimate of drug-likeness (QED) is 0.572. The van der Waals surface area contributed by atoms with Gasteiger partial charge in [0.15, 0.2) is 0 Å². The van der Waals surface area contributed by atoms with Gasteiger partial charge in [-0.05, 0) is 67.9 Å². The zero-order valence-electron chi connectivity index (χ0n) is 7.55. The maximum absolute atomic E-state index is 3.59. The molecule has 0 aromatic rings. The van der Waals surface area contributed by atoms with Crippen molar-refractivity contribution in [2.24, 2.45) is 29.1 Å². The molecule has 3 saturated carbocycles. The zero-order valence-corrected chi connectivity index (χ0v) is 7.55. The molecule has 4 fully saturated rings. The van der Waals surface area contributed by atoms with Crippen LogP contribution in [0.2, 0.25) is 0 Å². The van der Waals surface area contributed by atoms with Crippen LogP contribution in [0.4, 0.5) is 0 Å². The standard InChI is InChI=1S/C11H17N/c1-3-11-4-2-10(11)8-6-12-5-7(8)9(1)11/h7-10,12H,1-6H2. The molecule has 1 heterocycles. The largest absolute Gasteiger partial charge is 0.316 e. The highest BCUT2D eigenvalue weighted by Crippen LogP contribution is 2.74. The van der Waals surface area contributed by atoms with Crippen LogP contribution < -0.4 is 5.32 Å². The molecule has 4 atom stereocenters. The normalized spacial score (nSPS) is 66.0. The smallest absolute Gasteiger partial charge is 0.00143 e. The molecule has 1 heteroatoms. The Bertz CT molecular complexity index is 207. The molecule has 3 aliphatic carbocycles. The van der Waals surface area contributed by atoms with Gasteiger partial charge < -0.3 is 5.32 Å². The SMILES string of the molecule is C1NCC2C1C1CCC13CCC23. The molecular formula is C11H17N. The average molecular weight is 163 g/mol. The highest BCUT2D eigenvalue weighted by atomic mass is 15.0. The zero-order chi connectivity index (χ0) is 7.76. The lowest BCUT2D eigenvalue weighted by Crippen LogP contribution is -2.50. The molecule has 1 saturated heterocycles. The van der Waals surface area contributed by atoms with Crippen LogP contribution in [0, 0.1) is 29.1 Å². The minimum Gasteiger partial charge on any atom is -0.316 e. The van der Waals surface area contributed by atoms with Crippen molar-refractivity contribution in [2.45, 2.75) is 25.7 Å². The highest BCUT2D eigenvalue weighted by molar-refractivity contribution is 5.18. The van der Waals surface area contributed by atoms with E-state index in [-0.39, 0.29) is 0 Å². The number of fused-ring (bicyclic) bond motifs is 3. The summed E-state index contributed by atoms with van der Waals surface area (Å²) in [6, 6.07) is 0. The first-order valence-electron chi connectivity index (χ1n) is 5.62. The molecule has 1 N–H and O–H groups in total. The van der Waals surface area contributed by atoms with Crippen molar-refractivity contribution in [3.8, 4) is 0 Å². The molecule has 4 unspecified atom stereocenters. The Hall–Kier alpha value is -0.0400. The van der Waals surface area contributed by atoms with E-state index >= 15 is 0 Å². The Morgan fingerprint density at radius 1 is 0.917 bits per heavy atom. The van der Waals surface area contributed by atoms with Gasteiger partial charge in [0.1, 0.15) is 0 Å². The summed E-state index contributed by atoms with van der Waals surface area (Å²) in [6.07, 6.45) is 6.32. The Kier molecular flexibility index (Phi) is 0.934. The number of nitrogens with one attached hydrogen (secondary N) is 1. The molecule has 1 aliphatic heterocycles. The van der Waals surface area contributed by atoms with Crippen molar-refractivity contribution in [2.75, 3.05) is 13.1 Å². The van der Waals surface area contributed by atoms with E-state index in [9.17, 15) is 0 Å². The van der Waals surface area contributed by atoms with E-state index in [2.05, 4.69) is 5.32 Å². The Balaban J connectivity index is 1.78. The molecule has 4 rings (SSSR count). The maximum atomic E-state index is 3.59. The second-order valence-corrected chi connectivity index (χ2v) is 5.51. The summed E-state index contributed by atoms with van der Waals surface area (Å²) in [5, 5.41) is 3.59. The van der Waals surface area contributed by atoms with Crippen LogP contribution in [0.1, 0.15) is 25.7 Å². The third-order valence-corrected chi connectivity index (χ3v) is 5.66. The lowest BCUT2D eigenvalue weighted by molar-refractivity contribution is -0.0793. The van der Waals surface area contributed by atoms with Crippen LogP contribution in [0.25, 0.3) is 0 Å². The highest BCUT2D eigenvalue weighted by Gasteiger charge is 2.68. The van der Waals surface area contributed by atoms with Crippen molar-refractivity contribution in [1.82, 2.24) is 5.32 Å². The van der Waals surface area contributed by atoms with Crippen molar-refractivity contribution >= 4 is 0 Å². The fourth-order valence-corrected chi connectivity index (χ4v) is 5.02. The first kappa shape index (κ1) is 6.42. The summed E-state index contributed by atoms with van der Waals surface area (Å²) in [6.45, 7) is 2.71. The minimum absolute atomic E-state index is 0.928. The molecule has 0 aromatic heterocycles.